The summed E-state index contributed by atoms with van der Waals surface area (Å²) in [6.07, 6.45) is -1.58. The smallest absolute Gasteiger partial charge is 0.352 e. The monoisotopic (exact) mass is 271 g/mol. The molecule has 0 aromatic carbocycles. The summed E-state index contributed by atoms with van der Waals surface area (Å²) in [5.41, 5.74) is -2.06. The van der Waals surface area contributed by atoms with Crippen LogP contribution in [0.1, 0.15) is 32.1 Å². The van der Waals surface area contributed by atoms with Crippen LogP contribution >= 0.6 is 0 Å². The maximum absolute atomic E-state index is 11.0. The predicted molar refractivity (Wildman–Crippen MR) is 57.4 cm³/mol. The maximum Gasteiger partial charge on any atom is 0.352 e. The zero-order valence-corrected chi connectivity index (χ0v) is 9.34. The highest BCUT2D eigenvalue weighted by Crippen LogP contribution is 2.21. The van der Waals surface area contributed by atoms with E-state index >= 15 is 0 Å². The van der Waals surface area contributed by atoms with Gasteiger partial charge in [-0.15, -0.1) is 0 Å². The molecule has 1 heterocycles. The van der Waals surface area contributed by atoms with Crippen molar-refractivity contribution in [3.63, 3.8) is 0 Å². The second-order valence-electron chi connectivity index (χ2n) is 3.58. The third kappa shape index (κ3) is 3.09. The number of carboxylic acid groups (broad SMARTS) is 4. The Hall–Kier alpha value is -2.84. The number of H-pyrrole nitrogens is 1. The maximum atomic E-state index is 11.0. The Labute approximate surface area is 105 Å². The van der Waals surface area contributed by atoms with E-state index in [4.69, 9.17) is 20.4 Å². The largest absolute Gasteiger partial charge is 0.481 e. The van der Waals surface area contributed by atoms with Gasteiger partial charge in [0.15, 0.2) is 0 Å². The number of aromatic carboxylic acids is 2. The minimum absolute atomic E-state index is 0.353. The summed E-state index contributed by atoms with van der Waals surface area (Å²) in [6, 6.07) is 0. The minimum atomic E-state index is -1.59. The molecule has 0 aliphatic rings. The number of hydrogen-bond acceptors (Lipinski definition) is 4. The highest BCUT2D eigenvalue weighted by molar-refractivity contribution is 5.99. The third-order valence-corrected chi connectivity index (χ3v) is 2.26. The van der Waals surface area contributed by atoms with E-state index in [1.807, 2.05) is 0 Å². The molecule has 0 amide bonds. The van der Waals surface area contributed by atoms with Gasteiger partial charge in [-0.1, -0.05) is 0 Å². The van der Waals surface area contributed by atoms with Crippen LogP contribution < -0.4 is 0 Å². The van der Waals surface area contributed by atoms with Crippen molar-refractivity contribution < 1.29 is 39.6 Å². The van der Waals surface area contributed by atoms with Crippen LogP contribution in [0.25, 0.3) is 0 Å². The Balaban J connectivity index is 3.49. The van der Waals surface area contributed by atoms with Crippen LogP contribution in [0.15, 0.2) is 0 Å². The van der Waals surface area contributed by atoms with E-state index in [9.17, 15) is 19.2 Å². The topological polar surface area (TPSA) is 165 Å². The molecule has 1 aromatic heterocycles. The van der Waals surface area contributed by atoms with Gasteiger partial charge in [-0.2, -0.15) is 0 Å². The van der Waals surface area contributed by atoms with Crippen molar-refractivity contribution in [2.24, 2.45) is 0 Å². The van der Waals surface area contributed by atoms with Crippen molar-refractivity contribution in [3.05, 3.63) is 22.5 Å². The lowest BCUT2D eigenvalue weighted by Crippen LogP contribution is -2.11. The van der Waals surface area contributed by atoms with Gasteiger partial charge in [-0.05, 0) is 0 Å². The Bertz CT molecular complexity index is 570. The summed E-state index contributed by atoms with van der Waals surface area (Å²) in [6.45, 7) is 0. The number of carbonyl (C=O) groups is 4. The molecule has 0 fully saturated rings. The summed E-state index contributed by atoms with van der Waals surface area (Å²) in [5, 5.41) is 35.1. The quantitative estimate of drug-likeness (QED) is 0.468. The van der Waals surface area contributed by atoms with Gasteiger partial charge in [-0.25, -0.2) is 9.59 Å². The molecule has 5 N–H and O–H groups in total. The molecule has 0 saturated carbocycles. The molecule has 9 heteroatoms. The molecule has 1 rings (SSSR count). The molecular formula is C10H9NO8. The molecule has 0 aliphatic heterocycles. The van der Waals surface area contributed by atoms with Gasteiger partial charge in [0.25, 0.3) is 0 Å². The van der Waals surface area contributed by atoms with E-state index in [2.05, 4.69) is 4.98 Å². The fourth-order valence-electron chi connectivity index (χ4n) is 1.65. The first-order valence-electron chi connectivity index (χ1n) is 4.88. The summed E-state index contributed by atoms with van der Waals surface area (Å²) in [4.78, 5) is 45.3. The van der Waals surface area contributed by atoms with Gasteiger partial charge in [0.2, 0.25) is 0 Å². The average Bonchev–Trinajstić information content (AvgIpc) is 2.54. The average molecular weight is 271 g/mol. The van der Waals surface area contributed by atoms with Crippen molar-refractivity contribution in [3.8, 4) is 0 Å². The van der Waals surface area contributed by atoms with E-state index in [-0.39, 0.29) is 5.69 Å². The lowest BCUT2D eigenvalue weighted by atomic mass is 10.0. The molecule has 0 atom stereocenters. The standard InChI is InChI=1S/C10H9NO8/c12-5(13)1-3-7(9(16)17)4(2-6(14)15)11-8(3)10(18)19/h11H,1-2H2,(H,12,13)(H,14,15)(H,16,17)(H,18,19). The lowest BCUT2D eigenvalue weighted by Gasteiger charge is -2.00. The SMILES string of the molecule is O=C(O)Cc1[nH]c(C(=O)O)c(CC(=O)O)c1C(=O)O. The summed E-state index contributed by atoms with van der Waals surface area (Å²) in [5.74, 6) is -5.94. The lowest BCUT2D eigenvalue weighted by molar-refractivity contribution is -0.137. The molecule has 9 nitrogen and oxygen atoms in total. The fourth-order valence-corrected chi connectivity index (χ4v) is 1.65. The van der Waals surface area contributed by atoms with Crippen LogP contribution in [0.5, 0.6) is 0 Å². The first-order valence-corrected chi connectivity index (χ1v) is 4.88. The van der Waals surface area contributed by atoms with Gasteiger partial charge in [0.05, 0.1) is 18.4 Å². The van der Waals surface area contributed by atoms with Gasteiger partial charge in [0.1, 0.15) is 5.69 Å². The van der Waals surface area contributed by atoms with Crippen LogP contribution in [0.2, 0.25) is 0 Å². The predicted octanol–water partition coefficient (Wildman–Crippen LogP) is -0.335. The van der Waals surface area contributed by atoms with E-state index in [1.54, 1.807) is 0 Å². The summed E-state index contributed by atoms with van der Waals surface area (Å²) >= 11 is 0. The summed E-state index contributed by atoms with van der Waals surface area (Å²) in [7, 11) is 0. The summed E-state index contributed by atoms with van der Waals surface area (Å²) < 4.78 is 0. The molecular weight excluding hydrogens is 262 g/mol. The van der Waals surface area contributed by atoms with Gasteiger partial charge in [-0.3, -0.25) is 9.59 Å². The molecule has 102 valence electrons. The van der Waals surface area contributed by atoms with Gasteiger partial charge in [0, 0.05) is 11.3 Å². The Morgan fingerprint density at radius 1 is 0.842 bits per heavy atom. The molecule has 0 radical (unpaired) electrons. The van der Waals surface area contributed by atoms with Crippen molar-refractivity contribution in [1.82, 2.24) is 4.98 Å². The van der Waals surface area contributed by atoms with Crippen molar-refractivity contribution in [1.29, 1.82) is 0 Å². The molecule has 0 bridgehead atoms. The highest BCUT2D eigenvalue weighted by atomic mass is 16.4. The normalized spacial score (nSPS) is 10.1. The van der Waals surface area contributed by atoms with Crippen LogP contribution in [-0.4, -0.2) is 49.3 Å². The minimum Gasteiger partial charge on any atom is -0.481 e. The van der Waals surface area contributed by atoms with E-state index in [0.29, 0.717) is 0 Å². The van der Waals surface area contributed by atoms with Crippen LogP contribution in [0, 0.1) is 0 Å². The van der Waals surface area contributed by atoms with E-state index in [1.165, 1.54) is 0 Å². The second-order valence-corrected chi connectivity index (χ2v) is 3.58. The number of aromatic amines is 1. The first-order chi connectivity index (χ1) is 8.73. The van der Waals surface area contributed by atoms with Crippen LogP contribution in [0.4, 0.5) is 0 Å². The van der Waals surface area contributed by atoms with Crippen molar-refractivity contribution in [2.75, 3.05) is 0 Å². The molecule has 19 heavy (non-hydrogen) atoms. The van der Waals surface area contributed by atoms with Crippen LogP contribution in [0.3, 0.4) is 0 Å². The number of nitrogens with one attached hydrogen (secondary N) is 1. The van der Waals surface area contributed by atoms with Crippen molar-refractivity contribution in [2.45, 2.75) is 12.8 Å². The van der Waals surface area contributed by atoms with Gasteiger partial charge >= 0.3 is 23.9 Å². The fraction of sp³-hybridized carbons (Fsp3) is 0.200. The molecule has 0 aliphatic carbocycles. The highest BCUT2D eigenvalue weighted by Gasteiger charge is 2.28. The zero-order valence-electron chi connectivity index (χ0n) is 9.34. The number of hydrogen-bond donors (Lipinski definition) is 5. The number of aromatic nitrogens is 1. The van der Waals surface area contributed by atoms with E-state index < -0.39 is 53.5 Å². The molecule has 0 spiro atoms. The zero-order chi connectivity index (χ0) is 14.7. The molecule has 0 unspecified atom stereocenters. The molecule has 0 saturated heterocycles. The second kappa shape index (κ2) is 5.21. The van der Waals surface area contributed by atoms with Gasteiger partial charge < -0.3 is 25.4 Å². The Kier molecular flexibility index (Phi) is 3.90. The van der Waals surface area contributed by atoms with Crippen LogP contribution in [-0.2, 0) is 22.4 Å². The first kappa shape index (κ1) is 14.2. The number of aliphatic carboxylic acids is 2. The van der Waals surface area contributed by atoms with E-state index in [0.717, 1.165) is 0 Å². The molecule has 1 aromatic rings. The number of rotatable bonds is 6. The number of carboxylic acids is 4. The Morgan fingerprint density at radius 2 is 1.37 bits per heavy atom. The van der Waals surface area contributed by atoms with Crippen molar-refractivity contribution >= 4 is 23.9 Å². The Morgan fingerprint density at radius 3 is 1.74 bits per heavy atom. The third-order valence-electron chi connectivity index (χ3n) is 2.26.